The summed E-state index contributed by atoms with van der Waals surface area (Å²) in [5.41, 5.74) is 0.458. The van der Waals surface area contributed by atoms with Crippen molar-refractivity contribution in [3.05, 3.63) is 39.7 Å². The number of carboxylic acid groups (broad SMARTS) is 1. The molecule has 1 aromatic heterocycles. The Bertz CT molecular complexity index is 744. The molecule has 106 valence electrons. The predicted octanol–water partition coefficient (Wildman–Crippen LogP) is 2.33. The first kappa shape index (κ1) is 14.1. The van der Waals surface area contributed by atoms with Crippen molar-refractivity contribution >= 4 is 16.9 Å². The fraction of sp³-hybridized carbons (Fsp3) is 0.333. The molecule has 0 atom stereocenters. The SMILES string of the molecule is Cc1c(C(=O)O)c(=O)n(C)c2ccc(OC(C)C)cc12. The number of hydrogen-bond donors (Lipinski definition) is 1. The third-order valence-electron chi connectivity index (χ3n) is 3.21. The lowest BCUT2D eigenvalue weighted by Gasteiger charge is -2.14. The summed E-state index contributed by atoms with van der Waals surface area (Å²) in [5.74, 6) is -0.550. The fourth-order valence-electron chi connectivity index (χ4n) is 2.28. The van der Waals surface area contributed by atoms with Crippen LogP contribution in [0.3, 0.4) is 0 Å². The van der Waals surface area contributed by atoms with E-state index in [0.717, 1.165) is 0 Å². The molecule has 5 heteroatoms. The first-order valence-electron chi connectivity index (χ1n) is 6.36. The van der Waals surface area contributed by atoms with E-state index in [1.54, 1.807) is 32.2 Å². The Hall–Kier alpha value is -2.30. The molecule has 0 bridgehead atoms. The molecule has 5 nitrogen and oxygen atoms in total. The van der Waals surface area contributed by atoms with Gasteiger partial charge in [-0.25, -0.2) is 4.79 Å². The Labute approximate surface area is 116 Å². The van der Waals surface area contributed by atoms with Gasteiger partial charge in [-0.3, -0.25) is 4.79 Å². The fourth-order valence-corrected chi connectivity index (χ4v) is 2.28. The summed E-state index contributed by atoms with van der Waals surface area (Å²) in [7, 11) is 1.57. The number of nitrogens with zero attached hydrogens (tertiary/aromatic N) is 1. The number of carboxylic acids is 1. The second kappa shape index (κ2) is 5.00. The number of hydrogen-bond acceptors (Lipinski definition) is 3. The number of carbonyl (C=O) groups is 1. The van der Waals surface area contributed by atoms with Crippen LogP contribution in [0.5, 0.6) is 5.75 Å². The van der Waals surface area contributed by atoms with Crippen molar-refractivity contribution in [2.24, 2.45) is 7.05 Å². The second-order valence-electron chi connectivity index (χ2n) is 5.01. The van der Waals surface area contributed by atoms with Gasteiger partial charge in [0.1, 0.15) is 11.3 Å². The molecule has 0 aliphatic carbocycles. The molecule has 1 heterocycles. The van der Waals surface area contributed by atoms with Gasteiger partial charge in [0.2, 0.25) is 0 Å². The maximum absolute atomic E-state index is 12.1. The van der Waals surface area contributed by atoms with Crippen LogP contribution in [-0.4, -0.2) is 21.7 Å². The normalized spacial score (nSPS) is 11.1. The van der Waals surface area contributed by atoms with Gasteiger partial charge in [-0.15, -0.1) is 0 Å². The highest BCUT2D eigenvalue weighted by molar-refractivity contribution is 5.96. The zero-order valence-electron chi connectivity index (χ0n) is 11.9. The van der Waals surface area contributed by atoms with Crippen LogP contribution in [0.1, 0.15) is 29.8 Å². The van der Waals surface area contributed by atoms with Crippen molar-refractivity contribution in [3.63, 3.8) is 0 Å². The number of aryl methyl sites for hydroxylation is 2. The Morgan fingerprint density at radius 3 is 2.55 bits per heavy atom. The van der Waals surface area contributed by atoms with E-state index in [1.807, 2.05) is 13.8 Å². The van der Waals surface area contributed by atoms with Gasteiger partial charge in [0.15, 0.2) is 0 Å². The number of benzene rings is 1. The lowest BCUT2D eigenvalue weighted by Crippen LogP contribution is -2.26. The molecule has 0 aliphatic rings. The summed E-state index contributed by atoms with van der Waals surface area (Å²) >= 11 is 0. The van der Waals surface area contributed by atoms with Crippen molar-refractivity contribution in [2.45, 2.75) is 26.9 Å². The Kier molecular flexibility index (Phi) is 3.53. The van der Waals surface area contributed by atoms with Gasteiger partial charge in [-0.1, -0.05) is 0 Å². The summed E-state index contributed by atoms with van der Waals surface area (Å²) in [6, 6.07) is 5.32. The molecule has 20 heavy (non-hydrogen) atoms. The van der Waals surface area contributed by atoms with Gasteiger partial charge < -0.3 is 14.4 Å². The van der Waals surface area contributed by atoms with E-state index in [0.29, 0.717) is 22.2 Å². The van der Waals surface area contributed by atoms with Crippen LogP contribution in [0.2, 0.25) is 0 Å². The van der Waals surface area contributed by atoms with Gasteiger partial charge in [-0.05, 0) is 44.5 Å². The zero-order chi connectivity index (χ0) is 15.0. The van der Waals surface area contributed by atoms with E-state index in [4.69, 9.17) is 4.74 Å². The molecule has 0 fully saturated rings. The summed E-state index contributed by atoms with van der Waals surface area (Å²) < 4.78 is 6.97. The summed E-state index contributed by atoms with van der Waals surface area (Å²) in [6.45, 7) is 5.48. The molecule has 0 unspecified atom stereocenters. The topological polar surface area (TPSA) is 68.5 Å². The lowest BCUT2D eigenvalue weighted by atomic mass is 10.0. The van der Waals surface area contributed by atoms with Crippen LogP contribution in [0.15, 0.2) is 23.0 Å². The molecule has 2 rings (SSSR count). The van der Waals surface area contributed by atoms with Crippen molar-refractivity contribution < 1.29 is 14.6 Å². The highest BCUT2D eigenvalue weighted by atomic mass is 16.5. The number of fused-ring (bicyclic) bond motifs is 1. The highest BCUT2D eigenvalue weighted by Gasteiger charge is 2.18. The molecule has 2 aromatic rings. The van der Waals surface area contributed by atoms with E-state index < -0.39 is 11.5 Å². The van der Waals surface area contributed by atoms with E-state index in [1.165, 1.54) is 4.57 Å². The van der Waals surface area contributed by atoms with Crippen molar-refractivity contribution in [2.75, 3.05) is 0 Å². The maximum atomic E-state index is 12.1. The van der Waals surface area contributed by atoms with Gasteiger partial charge in [0.05, 0.1) is 11.6 Å². The van der Waals surface area contributed by atoms with Crippen LogP contribution in [0.4, 0.5) is 0 Å². The lowest BCUT2D eigenvalue weighted by molar-refractivity contribution is 0.0694. The largest absolute Gasteiger partial charge is 0.491 e. The maximum Gasteiger partial charge on any atom is 0.341 e. The minimum absolute atomic E-state index is 0.0271. The van der Waals surface area contributed by atoms with Gasteiger partial charge in [0.25, 0.3) is 5.56 Å². The Morgan fingerprint density at radius 2 is 2.00 bits per heavy atom. The van der Waals surface area contributed by atoms with Crippen molar-refractivity contribution in [3.8, 4) is 5.75 Å². The number of aromatic nitrogens is 1. The van der Waals surface area contributed by atoms with Gasteiger partial charge >= 0.3 is 5.97 Å². The van der Waals surface area contributed by atoms with Crippen LogP contribution in [0.25, 0.3) is 10.9 Å². The summed E-state index contributed by atoms with van der Waals surface area (Å²) in [4.78, 5) is 23.3. The van der Waals surface area contributed by atoms with Gasteiger partial charge in [0, 0.05) is 12.4 Å². The minimum atomic E-state index is -1.21. The summed E-state index contributed by atoms with van der Waals surface area (Å²) in [5, 5.41) is 9.91. The van der Waals surface area contributed by atoms with E-state index >= 15 is 0 Å². The predicted molar refractivity (Wildman–Crippen MR) is 76.6 cm³/mol. The average Bonchev–Trinajstić information content (AvgIpc) is 2.35. The molecule has 1 N–H and O–H groups in total. The molecular weight excluding hydrogens is 258 g/mol. The Balaban J connectivity index is 2.81. The van der Waals surface area contributed by atoms with Crippen molar-refractivity contribution in [1.82, 2.24) is 4.57 Å². The molecule has 0 amide bonds. The number of ether oxygens (including phenoxy) is 1. The highest BCUT2D eigenvalue weighted by Crippen LogP contribution is 2.24. The van der Waals surface area contributed by atoms with Gasteiger partial charge in [-0.2, -0.15) is 0 Å². The first-order chi connectivity index (χ1) is 9.32. The zero-order valence-corrected chi connectivity index (χ0v) is 11.9. The number of aromatic carboxylic acids is 1. The smallest absolute Gasteiger partial charge is 0.341 e. The third kappa shape index (κ3) is 2.27. The number of rotatable bonds is 3. The van der Waals surface area contributed by atoms with Crippen LogP contribution < -0.4 is 10.3 Å². The number of pyridine rings is 1. The second-order valence-corrected chi connectivity index (χ2v) is 5.01. The average molecular weight is 275 g/mol. The molecule has 0 saturated heterocycles. The van der Waals surface area contributed by atoms with Crippen LogP contribution in [0, 0.1) is 6.92 Å². The van der Waals surface area contributed by atoms with Crippen molar-refractivity contribution in [1.29, 1.82) is 0 Å². The molecule has 0 spiro atoms. The molecule has 0 radical (unpaired) electrons. The van der Waals surface area contributed by atoms with E-state index in [2.05, 4.69) is 0 Å². The molecule has 1 aromatic carbocycles. The monoisotopic (exact) mass is 275 g/mol. The van der Waals surface area contributed by atoms with E-state index in [9.17, 15) is 14.7 Å². The quantitative estimate of drug-likeness (QED) is 0.933. The Morgan fingerprint density at radius 1 is 1.35 bits per heavy atom. The standard InChI is InChI=1S/C15H17NO4/c1-8(2)20-10-5-6-12-11(7-10)9(3)13(15(18)19)14(17)16(12)4/h5-8H,1-4H3,(H,18,19). The molecule has 0 aliphatic heterocycles. The molecular formula is C15H17NO4. The summed E-state index contributed by atoms with van der Waals surface area (Å²) in [6.07, 6.45) is 0.0271. The first-order valence-corrected chi connectivity index (χ1v) is 6.36. The molecule has 0 saturated carbocycles. The minimum Gasteiger partial charge on any atom is -0.491 e. The third-order valence-corrected chi connectivity index (χ3v) is 3.21. The van der Waals surface area contributed by atoms with Crippen LogP contribution in [-0.2, 0) is 7.05 Å². The van der Waals surface area contributed by atoms with Crippen LogP contribution >= 0.6 is 0 Å². The van der Waals surface area contributed by atoms with E-state index in [-0.39, 0.29) is 11.7 Å².